The molecule has 4 nitrogen and oxygen atoms in total. The lowest BCUT2D eigenvalue weighted by molar-refractivity contribution is -0.143. The van der Waals surface area contributed by atoms with Crippen molar-refractivity contribution in [3.8, 4) is 34.7 Å². The van der Waals surface area contributed by atoms with Gasteiger partial charge < -0.3 is 0 Å². The van der Waals surface area contributed by atoms with Gasteiger partial charge in [-0.15, -0.1) is 6.42 Å². The number of aromatic nitrogens is 2. The van der Waals surface area contributed by atoms with Crippen molar-refractivity contribution in [2.45, 2.75) is 24.5 Å². The van der Waals surface area contributed by atoms with Crippen molar-refractivity contribution in [1.82, 2.24) is 9.78 Å². The van der Waals surface area contributed by atoms with E-state index in [9.17, 15) is 26.0 Å². The van der Waals surface area contributed by atoms with Crippen LogP contribution in [-0.4, -0.2) is 24.5 Å². The van der Waals surface area contributed by atoms with Crippen LogP contribution in [0.15, 0.2) is 47.4 Å². The number of hydrogen-bond donors (Lipinski definition) is 0. The highest BCUT2D eigenvalue weighted by atomic mass is 32.2. The fourth-order valence-electron chi connectivity index (χ4n) is 3.03. The highest BCUT2D eigenvalue weighted by molar-refractivity contribution is 7.90. The summed E-state index contributed by atoms with van der Waals surface area (Å²) in [5, 5.41) is 4.04. The van der Waals surface area contributed by atoms with Gasteiger partial charge in [-0.2, -0.15) is 18.3 Å². The van der Waals surface area contributed by atoms with Crippen LogP contribution in [0, 0.1) is 25.1 Å². The largest absolute Gasteiger partial charge is 0.433 e. The maximum Gasteiger partial charge on any atom is 0.433 e. The average molecular weight is 436 g/mol. The molecule has 156 valence electrons. The molecule has 0 atom stereocenters. The zero-order chi connectivity index (χ0) is 22.3. The monoisotopic (exact) mass is 436 g/mol. The minimum absolute atomic E-state index is 0.00767. The Morgan fingerprint density at radius 3 is 2.20 bits per heavy atom. The Balaban J connectivity index is 2.34. The molecule has 0 saturated heterocycles. The number of benzene rings is 2. The van der Waals surface area contributed by atoms with Crippen LogP contribution in [0.25, 0.3) is 22.4 Å². The minimum Gasteiger partial charge on any atom is -0.247 e. The van der Waals surface area contributed by atoms with Crippen LogP contribution in [0.4, 0.5) is 17.6 Å². The molecule has 30 heavy (non-hydrogen) atoms. The Hall–Kier alpha value is -3.12. The number of rotatable bonds is 4. The third-order valence-corrected chi connectivity index (χ3v) is 5.61. The first-order valence-corrected chi connectivity index (χ1v) is 10.5. The maximum absolute atomic E-state index is 14.2. The van der Waals surface area contributed by atoms with E-state index in [1.807, 2.05) is 0 Å². The lowest BCUT2D eigenvalue weighted by Crippen LogP contribution is -2.15. The molecule has 2 aromatic carbocycles. The quantitative estimate of drug-likeness (QED) is 0.439. The van der Waals surface area contributed by atoms with Gasteiger partial charge in [0.05, 0.1) is 4.90 Å². The summed E-state index contributed by atoms with van der Waals surface area (Å²) >= 11 is 0. The molecule has 1 heterocycles. The molecule has 0 aliphatic heterocycles. The van der Waals surface area contributed by atoms with Crippen molar-refractivity contribution in [2.75, 3.05) is 6.26 Å². The van der Waals surface area contributed by atoms with Crippen molar-refractivity contribution < 1.29 is 26.0 Å². The van der Waals surface area contributed by atoms with Crippen molar-refractivity contribution >= 4 is 9.84 Å². The zero-order valence-corrected chi connectivity index (χ0v) is 16.8. The van der Waals surface area contributed by atoms with Crippen LogP contribution < -0.4 is 0 Å². The third kappa shape index (κ3) is 4.09. The van der Waals surface area contributed by atoms with Crippen molar-refractivity contribution in [1.29, 1.82) is 0 Å². The van der Waals surface area contributed by atoms with E-state index in [2.05, 4.69) is 11.0 Å². The number of aryl methyl sites for hydroxylation is 1. The first kappa shape index (κ1) is 21.6. The van der Waals surface area contributed by atoms with E-state index in [-0.39, 0.29) is 32.8 Å². The van der Waals surface area contributed by atoms with Gasteiger partial charge in [0.15, 0.2) is 15.5 Å². The fourth-order valence-corrected chi connectivity index (χ4v) is 3.67. The Morgan fingerprint density at radius 2 is 1.70 bits per heavy atom. The Bertz CT molecular complexity index is 1250. The summed E-state index contributed by atoms with van der Waals surface area (Å²) in [5.74, 6) is 1.47. The first-order chi connectivity index (χ1) is 13.9. The van der Waals surface area contributed by atoms with Crippen molar-refractivity contribution in [3.05, 3.63) is 59.5 Å². The smallest absolute Gasteiger partial charge is 0.247 e. The number of hydrogen-bond acceptors (Lipinski definition) is 3. The maximum atomic E-state index is 14.2. The number of terminal acetylenes is 1. The van der Waals surface area contributed by atoms with E-state index >= 15 is 0 Å². The van der Waals surface area contributed by atoms with E-state index in [4.69, 9.17) is 6.42 Å². The van der Waals surface area contributed by atoms with Crippen LogP contribution in [0.1, 0.15) is 11.3 Å². The van der Waals surface area contributed by atoms with Crippen molar-refractivity contribution in [3.63, 3.8) is 0 Å². The molecule has 3 aromatic rings. The van der Waals surface area contributed by atoms with Crippen LogP contribution in [0.3, 0.4) is 0 Å². The highest BCUT2D eigenvalue weighted by Gasteiger charge is 2.40. The molecule has 0 radical (unpaired) electrons. The standard InChI is InChI=1S/C21H16F4N2O2S/c1-4-11-27-20(21(23,24)25)18(15-6-5-13(2)17(22)12-15)19(26-27)14-7-9-16(10-8-14)30(3,28)29/h1,5-10,12H,11H2,2-3H3. The van der Waals surface area contributed by atoms with Gasteiger partial charge in [-0.05, 0) is 36.2 Å². The van der Waals surface area contributed by atoms with Crippen LogP contribution >= 0.6 is 0 Å². The van der Waals surface area contributed by atoms with Gasteiger partial charge >= 0.3 is 6.18 Å². The molecular formula is C21H16F4N2O2S. The summed E-state index contributed by atoms with van der Waals surface area (Å²) in [5.41, 5.74) is -1.02. The summed E-state index contributed by atoms with van der Waals surface area (Å²) in [6, 6.07) is 9.02. The molecule has 3 rings (SSSR count). The molecule has 0 fully saturated rings. The van der Waals surface area contributed by atoms with Crippen LogP contribution in [-0.2, 0) is 22.6 Å². The van der Waals surface area contributed by atoms with Gasteiger partial charge in [0, 0.05) is 17.4 Å². The second-order valence-corrected chi connectivity index (χ2v) is 8.71. The SMILES string of the molecule is C#CCn1nc(-c2ccc(S(C)(=O)=O)cc2)c(-c2ccc(C)c(F)c2)c1C(F)(F)F. The van der Waals surface area contributed by atoms with Gasteiger partial charge in [-0.25, -0.2) is 17.5 Å². The summed E-state index contributed by atoms with van der Waals surface area (Å²) in [6.45, 7) is 1.05. The molecule has 0 aliphatic carbocycles. The van der Waals surface area contributed by atoms with Gasteiger partial charge in [0.2, 0.25) is 0 Å². The molecule has 9 heteroatoms. The second-order valence-electron chi connectivity index (χ2n) is 6.69. The summed E-state index contributed by atoms with van der Waals surface area (Å²) in [6.07, 6.45) is 1.42. The number of alkyl halides is 3. The number of sulfone groups is 1. The fraction of sp³-hybridized carbons (Fsp3) is 0.190. The third-order valence-electron chi connectivity index (χ3n) is 4.48. The minimum atomic E-state index is -4.81. The summed E-state index contributed by atoms with van der Waals surface area (Å²) in [7, 11) is -3.49. The predicted molar refractivity (Wildman–Crippen MR) is 105 cm³/mol. The highest BCUT2D eigenvalue weighted by Crippen LogP contribution is 2.43. The Kier molecular flexibility index (Phi) is 5.48. The molecule has 0 saturated carbocycles. The lowest BCUT2D eigenvalue weighted by atomic mass is 9.97. The molecular weight excluding hydrogens is 420 g/mol. The van der Waals surface area contributed by atoms with E-state index in [1.165, 1.54) is 43.3 Å². The molecule has 0 aliphatic rings. The van der Waals surface area contributed by atoms with Gasteiger partial charge in [-0.1, -0.05) is 30.2 Å². The number of nitrogens with zero attached hydrogens (tertiary/aromatic N) is 2. The van der Waals surface area contributed by atoms with Gasteiger partial charge in [-0.3, -0.25) is 0 Å². The molecule has 0 spiro atoms. The lowest BCUT2D eigenvalue weighted by Gasteiger charge is -2.12. The predicted octanol–water partition coefficient (Wildman–Crippen LogP) is 4.72. The summed E-state index contributed by atoms with van der Waals surface area (Å²) in [4.78, 5) is 0.00767. The number of halogens is 4. The van der Waals surface area contributed by atoms with Gasteiger partial charge in [0.25, 0.3) is 0 Å². The van der Waals surface area contributed by atoms with Crippen LogP contribution in [0.5, 0.6) is 0 Å². The van der Waals surface area contributed by atoms with E-state index in [0.29, 0.717) is 4.68 Å². The van der Waals surface area contributed by atoms with E-state index in [0.717, 1.165) is 12.3 Å². The topological polar surface area (TPSA) is 52.0 Å². The second kappa shape index (κ2) is 7.61. The molecule has 1 aromatic heterocycles. The van der Waals surface area contributed by atoms with E-state index < -0.39 is 34.1 Å². The zero-order valence-electron chi connectivity index (χ0n) is 16.0. The Morgan fingerprint density at radius 1 is 1.10 bits per heavy atom. The molecule has 0 amide bonds. The van der Waals surface area contributed by atoms with Gasteiger partial charge in [0.1, 0.15) is 18.1 Å². The van der Waals surface area contributed by atoms with Crippen LogP contribution in [0.2, 0.25) is 0 Å². The van der Waals surface area contributed by atoms with E-state index in [1.54, 1.807) is 0 Å². The first-order valence-electron chi connectivity index (χ1n) is 8.62. The molecule has 0 unspecified atom stereocenters. The Labute approximate surface area is 171 Å². The molecule has 0 N–H and O–H groups in total. The normalized spacial score (nSPS) is 12.0. The summed E-state index contributed by atoms with van der Waals surface area (Å²) < 4.78 is 80.0. The average Bonchev–Trinajstić information content (AvgIpc) is 3.03. The molecule has 0 bridgehead atoms. The van der Waals surface area contributed by atoms with Crippen molar-refractivity contribution in [2.24, 2.45) is 0 Å².